The maximum Gasteiger partial charge on any atom is 0.239 e. The van der Waals surface area contributed by atoms with Gasteiger partial charge in [-0.05, 0) is 24.5 Å². The molecule has 112 valence electrons. The third-order valence-corrected chi connectivity index (χ3v) is 3.57. The molecule has 4 heteroatoms. The van der Waals surface area contributed by atoms with Crippen molar-refractivity contribution in [1.29, 1.82) is 0 Å². The maximum absolute atomic E-state index is 12.1. The fourth-order valence-electron chi connectivity index (χ4n) is 1.87. The summed E-state index contributed by atoms with van der Waals surface area (Å²) in [5.74, 6) is 1.09. The van der Waals surface area contributed by atoms with E-state index in [1.54, 1.807) is 11.9 Å². The molecule has 0 fully saturated rings. The molecule has 0 unspecified atom stereocenters. The predicted molar refractivity (Wildman–Crippen MR) is 81.6 cm³/mol. The van der Waals surface area contributed by atoms with E-state index in [0.29, 0.717) is 13.2 Å². The number of hydrogen-bond donors (Lipinski definition) is 1. The molecule has 1 aromatic rings. The second kappa shape index (κ2) is 8.59. The molecule has 0 radical (unpaired) electrons. The molecule has 4 nitrogen and oxygen atoms in total. The van der Waals surface area contributed by atoms with E-state index < -0.39 is 6.04 Å². The molecule has 0 spiro atoms. The summed E-state index contributed by atoms with van der Waals surface area (Å²) in [6.45, 7) is 5.32. The minimum atomic E-state index is -0.403. The van der Waals surface area contributed by atoms with Crippen molar-refractivity contribution in [2.24, 2.45) is 11.7 Å². The zero-order valence-electron chi connectivity index (χ0n) is 12.7. The Bertz CT molecular complexity index is 395. The van der Waals surface area contributed by atoms with E-state index in [2.05, 4.69) is 0 Å². The molecule has 0 aliphatic carbocycles. The van der Waals surface area contributed by atoms with Gasteiger partial charge in [-0.25, -0.2) is 0 Å². The van der Waals surface area contributed by atoms with Crippen LogP contribution < -0.4 is 10.5 Å². The first-order valence-electron chi connectivity index (χ1n) is 7.24. The van der Waals surface area contributed by atoms with Crippen molar-refractivity contribution in [1.82, 2.24) is 4.90 Å². The van der Waals surface area contributed by atoms with E-state index in [-0.39, 0.29) is 11.8 Å². The predicted octanol–water partition coefficient (Wildman–Crippen LogP) is 2.29. The summed E-state index contributed by atoms with van der Waals surface area (Å²) in [6.07, 6.45) is 1.71. The first-order valence-corrected chi connectivity index (χ1v) is 7.24. The number of nitrogens with zero attached hydrogens (tertiary/aromatic N) is 1. The lowest BCUT2D eigenvalue weighted by molar-refractivity contribution is -0.132. The summed E-state index contributed by atoms with van der Waals surface area (Å²) in [4.78, 5) is 13.8. The van der Waals surface area contributed by atoms with Gasteiger partial charge < -0.3 is 15.4 Å². The lowest BCUT2D eigenvalue weighted by atomic mass is 9.99. The monoisotopic (exact) mass is 278 g/mol. The average molecular weight is 278 g/mol. The Balaban J connectivity index is 2.26. The van der Waals surface area contributed by atoms with Crippen molar-refractivity contribution in [3.05, 3.63) is 30.3 Å². The van der Waals surface area contributed by atoms with Crippen molar-refractivity contribution >= 4 is 5.91 Å². The van der Waals surface area contributed by atoms with Gasteiger partial charge in [0.25, 0.3) is 0 Å². The summed E-state index contributed by atoms with van der Waals surface area (Å²) >= 11 is 0. The SMILES string of the molecule is CC[C@H](C)[C@H](N)C(=O)N(C)CCCOc1ccccc1. The summed E-state index contributed by atoms with van der Waals surface area (Å²) in [7, 11) is 1.80. The van der Waals surface area contributed by atoms with Crippen LogP contribution in [-0.4, -0.2) is 37.0 Å². The Labute approximate surface area is 121 Å². The molecule has 0 bridgehead atoms. The fourth-order valence-corrected chi connectivity index (χ4v) is 1.87. The van der Waals surface area contributed by atoms with Gasteiger partial charge in [-0.1, -0.05) is 38.5 Å². The molecule has 0 heterocycles. The Hall–Kier alpha value is -1.55. The quantitative estimate of drug-likeness (QED) is 0.742. The number of ether oxygens (including phenoxy) is 1. The number of hydrogen-bond acceptors (Lipinski definition) is 3. The molecule has 2 N–H and O–H groups in total. The maximum atomic E-state index is 12.1. The van der Waals surface area contributed by atoms with Gasteiger partial charge in [0.1, 0.15) is 5.75 Å². The lowest BCUT2D eigenvalue weighted by Gasteiger charge is -2.24. The minimum absolute atomic E-state index is 0.0130. The van der Waals surface area contributed by atoms with Gasteiger partial charge >= 0.3 is 0 Å². The zero-order valence-corrected chi connectivity index (χ0v) is 12.7. The Kier molecular flexibility index (Phi) is 7.09. The van der Waals surface area contributed by atoms with Crippen LogP contribution in [0, 0.1) is 5.92 Å². The second-order valence-corrected chi connectivity index (χ2v) is 5.19. The van der Waals surface area contributed by atoms with Crippen LogP contribution in [-0.2, 0) is 4.79 Å². The Morgan fingerprint density at radius 2 is 2.00 bits per heavy atom. The standard InChI is InChI=1S/C16H26N2O2/c1-4-13(2)15(17)16(19)18(3)11-8-12-20-14-9-6-5-7-10-14/h5-7,9-10,13,15H,4,8,11-12,17H2,1-3H3/t13-,15-/m0/s1. The molecular weight excluding hydrogens is 252 g/mol. The summed E-state index contributed by atoms with van der Waals surface area (Å²) in [5.41, 5.74) is 5.95. The number of amides is 1. The van der Waals surface area contributed by atoms with Crippen molar-refractivity contribution in [3.8, 4) is 5.75 Å². The van der Waals surface area contributed by atoms with E-state index in [9.17, 15) is 4.79 Å². The zero-order chi connectivity index (χ0) is 15.0. The molecule has 0 aliphatic rings. The third kappa shape index (κ3) is 5.21. The van der Waals surface area contributed by atoms with Crippen molar-refractivity contribution in [3.63, 3.8) is 0 Å². The van der Waals surface area contributed by atoms with Crippen LogP contribution in [0.2, 0.25) is 0 Å². The summed E-state index contributed by atoms with van der Waals surface area (Å²) < 4.78 is 5.60. The van der Waals surface area contributed by atoms with Gasteiger partial charge in [-0.3, -0.25) is 4.79 Å². The van der Waals surface area contributed by atoms with Crippen LogP contribution in [0.5, 0.6) is 5.75 Å². The molecular formula is C16H26N2O2. The lowest BCUT2D eigenvalue weighted by Crippen LogP contribution is -2.45. The average Bonchev–Trinajstić information content (AvgIpc) is 2.50. The molecule has 0 aromatic heterocycles. The summed E-state index contributed by atoms with van der Waals surface area (Å²) in [6, 6.07) is 9.28. The topological polar surface area (TPSA) is 55.6 Å². The first kappa shape index (κ1) is 16.5. The highest BCUT2D eigenvalue weighted by Crippen LogP contribution is 2.10. The van der Waals surface area contributed by atoms with E-state index in [1.165, 1.54) is 0 Å². The summed E-state index contributed by atoms with van der Waals surface area (Å²) in [5, 5.41) is 0. The van der Waals surface area contributed by atoms with Crippen molar-refractivity contribution in [2.45, 2.75) is 32.7 Å². The van der Waals surface area contributed by atoms with Crippen LogP contribution in [0.4, 0.5) is 0 Å². The second-order valence-electron chi connectivity index (χ2n) is 5.19. The number of para-hydroxylation sites is 1. The molecule has 0 aliphatic heterocycles. The van der Waals surface area contributed by atoms with Gasteiger partial charge in [0.2, 0.25) is 5.91 Å². The van der Waals surface area contributed by atoms with Crippen LogP contribution >= 0.6 is 0 Å². The smallest absolute Gasteiger partial charge is 0.239 e. The van der Waals surface area contributed by atoms with Crippen molar-refractivity contribution < 1.29 is 9.53 Å². The van der Waals surface area contributed by atoms with E-state index in [4.69, 9.17) is 10.5 Å². The Morgan fingerprint density at radius 3 is 2.60 bits per heavy atom. The van der Waals surface area contributed by atoms with Crippen LogP contribution in [0.1, 0.15) is 26.7 Å². The first-order chi connectivity index (χ1) is 9.56. The van der Waals surface area contributed by atoms with E-state index >= 15 is 0 Å². The number of nitrogens with two attached hydrogens (primary N) is 1. The van der Waals surface area contributed by atoms with E-state index in [0.717, 1.165) is 18.6 Å². The van der Waals surface area contributed by atoms with Crippen molar-refractivity contribution in [2.75, 3.05) is 20.2 Å². The van der Waals surface area contributed by atoms with Gasteiger partial charge in [0.05, 0.1) is 12.6 Å². The number of likely N-dealkylation sites (N-methyl/N-ethyl adjacent to an activating group) is 1. The molecule has 1 rings (SSSR count). The van der Waals surface area contributed by atoms with E-state index in [1.807, 2.05) is 44.2 Å². The van der Waals surface area contributed by atoms with Crippen LogP contribution in [0.25, 0.3) is 0 Å². The number of carbonyl (C=O) groups excluding carboxylic acids is 1. The minimum Gasteiger partial charge on any atom is -0.494 e. The highest BCUT2D eigenvalue weighted by atomic mass is 16.5. The number of benzene rings is 1. The number of carbonyl (C=O) groups is 1. The molecule has 2 atom stereocenters. The van der Waals surface area contributed by atoms with Gasteiger partial charge in [-0.15, -0.1) is 0 Å². The van der Waals surface area contributed by atoms with Gasteiger partial charge in [0, 0.05) is 13.6 Å². The van der Waals surface area contributed by atoms with Crippen LogP contribution in [0.3, 0.4) is 0 Å². The van der Waals surface area contributed by atoms with Crippen LogP contribution in [0.15, 0.2) is 30.3 Å². The molecule has 0 saturated carbocycles. The normalized spacial score (nSPS) is 13.6. The molecule has 1 amide bonds. The van der Waals surface area contributed by atoms with Gasteiger partial charge in [-0.2, -0.15) is 0 Å². The largest absolute Gasteiger partial charge is 0.494 e. The highest BCUT2D eigenvalue weighted by molar-refractivity contribution is 5.81. The fraction of sp³-hybridized carbons (Fsp3) is 0.562. The number of rotatable bonds is 8. The molecule has 20 heavy (non-hydrogen) atoms. The molecule has 0 saturated heterocycles. The molecule has 1 aromatic carbocycles. The Morgan fingerprint density at radius 1 is 1.35 bits per heavy atom. The third-order valence-electron chi connectivity index (χ3n) is 3.57. The highest BCUT2D eigenvalue weighted by Gasteiger charge is 2.22. The van der Waals surface area contributed by atoms with Gasteiger partial charge in [0.15, 0.2) is 0 Å².